The SMILES string of the molecule is CCC(C)CCC1(CC)CCN(CCO)C(=O)N1.COc1nc(-c2ccc(F)c(-c3cccc(NC(=O)C4=CCNN(C)C4=O)c3C)c2Cl)cc2c1C(C)CC2. The number of aryl methyl sites for hydroxylation is 1. The molecule has 4 N–H and O–H groups in total. The summed E-state index contributed by atoms with van der Waals surface area (Å²) in [6.07, 6.45) is 8.89. The van der Waals surface area contributed by atoms with Crippen LogP contribution in [0.2, 0.25) is 5.02 Å². The summed E-state index contributed by atoms with van der Waals surface area (Å²) in [6, 6.07) is 10.2. The van der Waals surface area contributed by atoms with Gasteiger partial charge in [-0.3, -0.25) is 14.6 Å². The number of hydrazine groups is 1. The third-order valence-corrected chi connectivity index (χ3v) is 12.0. The van der Waals surface area contributed by atoms with Crippen LogP contribution in [0.15, 0.2) is 48.0 Å². The van der Waals surface area contributed by atoms with E-state index in [-0.39, 0.29) is 34.3 Å². The van der Waals surface area contributed by atoms with Crippen molar-refractivity contribution in [3.05, 3.63) is 75.6 Å². The molecule has 1 saturated heterocycles. The van der Waals surface area contributed by atoms with E-state index < -0.39 is 17.6 Å². The first-order valence-corrected chi connectivity index (χ1v) is 20.0. The number of anilines is 1. The third kappa shape index (κ3) is 9.19. The number of fused-ring (bicyclic) bond motifs is 1. The lowest BCUT2D eigenvalue weighted by molar-refractivity contribution is -0.131. The molecule has 1 aromatic heterocycles. The number of aromatic nitrogens is 1. The fraction of sp³-hybridized carbons (Fsp3) is 0.488. The highest BCUT2D eigenvalue weighted by molar-refractivity contribution is 6.36. The maximum Gasteiger partial charge on any atom is 0.317 e. The summed E-state index contributed by atoms with van der Waals surface area (Å²) in [7, 11) is 3.15. The van der Waals surface area contributed by atoms with Crippen LogP contribution in [-0.2, 0) is 16.0 Å². The van der Waals surface area contributed by atoms with Crippen LogP contribution in [0.1, 0.15) is 88.8 Å². The number of pyridine rings is 1. The van der Waals surface area contributed by atoms with Gasteiger partial charge in [-0.05, 0) is 98.2 Å². The molecule has 6 rings (SSSR count). The number of methoxy groups -OCH3 is 1. The van der Waals surface area contributed by atoms with Crippen molar-refractivity contribution in [2.75, 3.05) is 45.7 Å². The van der Waals surface area contributed by atoms with Crippen molar-refractivity contribution in [2.45, 2.75) is 91.0 Å². The average molecular weight is 791 g/mol. The number of halogens is 2. The highest BCUT2D eigenvalue weighted by atomic mass is 35.5. The van der Waals surface area contributed by atoms with Crippen LogP contribution >= 0.6 is 11.6 Å². The molecule has 302 valence electrons. The Balaban J connectivity index is 0.000000281. The smallest absolute Gasteiger partial charge is 0.317 e. The summed E-state index contributed by atoms with van der Waals surface area (Å²) < 4.78 is 20.9. The number of nitrogens with zero attached hydrogens (tertiary/aromatic N) is 3. The van der Waals surface area contributed by atoms with E-state index in [1.54, 1.807) is 50.2 Å². The Kier molecular flexibility index (Phi) is 14.2. The zero-order valence-electron chi connectivity index (χ0n) is 33.7. The number of rotatable bonds is 12. The Hall–Kier alpha value is -4.52. The van der Waals surface area contributed by atoms with Crippen LogP contribution in [0.3, 0.4) is 0 Å². The lowest BCUT2D eigenvalue weighted by Gasteiger charge is -2.42. The van der Waals surface area contributed by atoms with Gasteiger partial charge in [-0.2, -0.15) is 0 Å². The van der Waals surface area contributed by atoms with Gasteiger partial charge in [0, 0.05) is 54.6 Å². The van der Waals surface area contributed by atoms with Gasteiger partial charge in [-0.15, -0.1) is 0 Å². The van der Waals surface area contributed by atoms with Gasteiger partial charge in [-0.1, -0.05) is 63.9 Å². The summed E-state index contributed by atoms with van der Waals surface area (Å²) in [5.41, 5.74) is 8.13. The topological polar surface area (TPSA) is 136 Å². The van der Waals surface area contributed by atoms with Crippen molar-refractivity contribution in [3.8, 4) is 28.3 Å². The Morgan fingerprint density at radius 1 is 1.21 bits per heavy atom. The maximum absolute atomic E-state index is 15.3. The van der Waals surface area contributed by atoms with Crippen molar-refractivity contribution >= 4 is 35.1 Å². The second-order valence-corrected chi connectivity index (χ2v) is 15.5. The van der Waals surface area contributed by atoms with E-state index in [0.717, 1.165) is 55.7 Å². The van der Waals surface area contributed by atoms with Gasteiger partial charge in [0.15, 0.2) is 0 Å². The summed E-state index contributed by atoms with van der Waals surface area (Å²) in [4.78, 5) is 43.7. The number of benzene rings is 2. The van der Waals surface area contributed by atoms with Crippen LogP contribution in [0.4, 0.5) is 14.9 Å². The number of nitrogens with one attached hydrogen (secondary N) is 3. The zero-order valence-corrected chi connectivity index (χ0v) is 34.4. The highest BCUT2D eigenvalue weighted by Gasteiger charge is 2.36. The molecule has 56 heavy (non-hydrogen) atoms. The van der Waals surface area contributed by atoms with Crippen molar-refractivity contribution in [1.82, 2.24) is 25.6 Å². The standard InChI is InChI=1S/C29H28ClFN4O3.C14H28N2O2/c1-15-8-9-17-14-23(34-28(38-4)24(15)17)19-10-11-21(31)25(26(19)30)18-6-5-7-22(16(18)2)33-27(36)20-12-13-32-35(3)29(20)37;1-4-12(3)6-7-14(5-2)8-9-16(10-11-17)13(18)15-14/h5-7,10-12,14-15,32H,8-9,13H2,1-4H3,(H,33,36);12,17H,4-11H2,1-3H3,(H,15,18). The number of urea groups is 1. The predicted molar refractivity (Wildman–Crippen MR) is 219 cm³/mol. The number of ether oxygens (including phenoxy) is 1. The third-order valence-electron chi connectivity index (χ3n) is 11.7. The maximum atomic E-state index is 15.3. The lowest BCUT2D eigenvalue weighted by Crippen LogP contribution is -2.60. The van der Waals surface area contributed by atoms with Gasteiger partial charge in [0.05, 0.1) is 24.4 Å². The average Bonchev–Trinajstić information content (AvgIpc) is 3.57. The Bertz CT molecular complexity index is 1970. The fourth-order valence-corrected chi connectivity index (χ4v) is 8.03. The molecule has 4 amide bonds. The molecule has 11 nitrogen and oxygen atoms in total. The normalized spacial score (nSPS) is 19.8. The van der Waals surface area contributed by atoms with Crippen LogP contribution in [0, 0.1) is 18.7 Å². The van der Waals surface area contributed by atoms with E-state index in [1.165, 1.54) is 30.0 Å². The number of hydrogen-bond acceptors (Lipinski definition) is 7. The van der Waals surface area contributed by atoms with Crippen molar-refractivity contribution in [2.24, 2.45) is 5.92 Å². The summed E-state index contributed by atoms with van der Waals surface area (Å²) in [5.74, 6) is 0.185. The van der Waals surface area contributed by atoms with Gasteiger partial charge in [-0.25, -0.2) is 19.6 Å². The van der Waals surface area contributed by atoms with Crippen molar-refractivity contribution < 1.29 is 28.6 Å². The number of carbonyl (C=O) groups is 3. The number of aliphatic hydroxyl groups is 1. The largest absolute Gasteiger partial charge is 0.481 e. The van der Waals surface area contributed by atoms with Crippen LogP contribution in [0.25, 0.3) is 22.4 Å². The predicted octanol–water partition coefficient (Wildman–Crippen LogP) is 7.79. The van der Waals surface area contributed by atoms with E-state index >= 15 is 4.39 Å². The minimum Gasteiger partial charge on any atom is -0.481 e. The molecular formula is C43H56ClFN6O5. The summed E-state index contributed by atoms with van der Waals surface area (Å²) in [5, 5.41) is 16.4. The second kappa shape index (κ2) is 18.6. The molecule has 0 radical (unpaired) electrons. The van der Waals surface area contributed by atoms with E-state index in [0.29, 0.717) is 53.0 Å². The molecule has 0 saturated carbocycles. The molecule has 3 aliphatic rings. The number of carbonyl (C=O) groups excluding carboxylic acids is 3. The molecule has 2 aliphatic heterocycles. The summed E-state index contributed by atoms with van der Waals surface area (Å²) in [6.45, 7) is 12.2. The highest BCUT2D eigenvalue weighted by Crippen LogP contribution is 2.44. The number of aliphatic hydroxyl groups excluding tert-OH is 1. The van der Waals surface area contributed by atoms with Gasteiger partial charge in [0.2, 0.25) is 5.88 Å². The molecular weight excluding hydrogens is 735 g/mol. The summed E-state index contributed by atoms with van der Waals surface area (Å²) >= 11 is 6.87. The van der Waals surface area contributed by atoms with Gasteiger partial charge < -0.3 is 25.4 Å². The molecule has 3 heterocycles. The lowest BCUT2D eigenvalue weighted by atomic mass is 9.82. The molecule has 3 aromatic rings. The molecule has 0 spiro atoms. The minimum atomic E-state index is -0.535. The second-order valence-electron chi connectivity index (χ2n) is 15.2. The molecule has 0 bridgehead atoms. The molecule has 1 fully saturated rings. The van der Waals surface area contributed by atoms with Crippen molar-refractivity contribution in [1.29, 1.82) is 0 Å². The monoisotopic (exact) mass is 790 g/mol. The first-order chi connectivity index (χ1) is 26.8. The van der Waals surface area contributed by atoms with Gasteiger partial charge in [0.1, 0.15) is 11.4 Å². The Morgan fingerprint density at radius 3 is 2.66 bits per heavy atom. The van der Waals surface area contributed by atoms with E-state index in [2.05, 4.69) is 43.8 Å². The minimum absolute atomic E-state index is 0.0127. The van der Waals surface area contributed by atoms with Crippen LogP contribution in [0.5, 0.6) is 5.88 Å². The number of likely N-dealkylation sites (N-methyl/N-ethyl adjacent to an activating group) is 1. The first-order valence-electron chi connectivity index (χ1n) is 19.6. The molecule has 3 atom stereocenters. The molecule has 1 aliphatic carbocycles. The Morgan fingerprint density at radius 2 is 1.98 bits per heavy atom. The van der Waals surface area contributed by atoms with E-state index in [1.807, 2.05) is 6.07 Å². The van der Waals surface area contributed by atoms with E-state index in [4.69, 9.17) is 26.4 Å². The first kappa shape index (κ1) is 42.6. The van der Waals surface area contributed by atoms with Gasteiger partial charge >= 0.3 is 6.03 Å². The quantitative estimate of drug-likeness (QED) is 0.138. The molecule has 3 unspecified atom stereocenters. The zero-order chi connectivity index (χ0) is 40.7. The molecule has 13 heteroatoms. The van der Waals surface area contributed by atoms with Gasteiger partial charge in [0.25, 0.3) is 11.8 Å². The van der Waals surface area contributed by atoms with E-state index in [9.17, 15) is 14.4 Å². The van der Waals surface area contributed by atoms with Crippen molar-refractivity contribution in [3.63, 3.8) is 0 Å². The van der Waals surface area contributed by atoms with Crippen LogP contribution < -0.4 is 20.8 Å². The fourth-order valence-electron chi connectivity index (χ4n) is 7.68. The number of amides is 4. The molecule has 2 aromatic carbocycles. The number of hydrogen-bond donors (Lipinski definition) is 4. The number of β-amino-alcohol motifs (C(OH)–C–C–N with tert-alkyl or cyclic N) is 1. The Labute approximate surface area is 335 Å². The van der Waals surface area contributed by atoms with Crippen LogP contribution in [-0.4, -0.2) is 83.8 Å².